The van der Waals surface area contributed by atoms with Crippen LogP contribution in [-0.2, 0) is 40.3 Å². The predicted octanol–water partition coefficient (Wildman–Crippen LogP) is 1.67. The molecule has 3 fully saturated rings. The average molecular weight is 777 g/mol. The number of β-lactam (4-membered cyclic amide) rings is 1. The van der Waals surface area contributed by atoms with Gasteiger partial charge in [-0.05, 0) is 108 Å². The summed E-state index contributed by atoms with van der Waals surface area (Å²) in [5, 5.41) is 18.5. The van der Waals surface area contributed by atoms with Crippen molar-refractivity contribution in [1.29, 1.82) is 0 Å². The number of carbonyl (C=O) groups is 3. The quantitative estimate of drug-likeness (QED) is 0.0623. The van der Waals surface area contributed by atoms with Crippen LogP contribution in [-0.4, -0.2) is 92.3 Å². The summed E-state index contributed by atoms with van der Waals surface area (Å²) in [6, 6.07) is 4.17. The topological polar surface area (TPSA) is 284 Å². The van der Waals surface area contributed by atoms with E-state index in [1.54, 1.807) is 12.1 Å². The van der Waals surface area contributed by atoms with Gasteiger partial charge in [-0.1, -0.05) is 5.16 Å². The van der Waals surface area contributed by atoms with E-state index >= 15 is 0 Å². The van der Waals surface area contributed by atoms with E-state index in [1.165, 1.54) is 26.2 Å². The SMILES string of the molecule is CC1(N)CC2(CCC(N=C(N)c3ccc4c(c3)CC[C@H]([C@](C)(O/N=C(\C(=O)N[C@@H]3C(=O)N(OS(=O)(=O)O)C3(C)C)c3csc(N)n3)C(=O)O)O4)CC2)C1. The molecule has 4 aliphatic rings. The normalized spacial score (nSPS) is 29.6. The second-order valence-electron chi connectivity index (χ2n) is 15.4. The number of carbonyl (C=O) groups excluding carboxylic acids is 2. The lowest BCUT2D eigenvalue weighted by Crippen LogP contribution is -2.76. The number of amides is 2. The highest BCUT2D eigenvalue weighted by Gasteiger charge is 2.58. The molecule has 288 valence electrons. The summed E-state index contributed by atoms with van der Waals surface area (Å²) in [4.78, 5) is 53.4. The Morgan fingerprint density at radius 1 is 1.19 bits per heavy atom. The Hall–Kier alpha value is -4.37. The van der Waals surface area contributed by atoms with Gasteiger partial charge in [0.1, 0.15) is 23.3 Å². The van der Waals surface area contributed by atoms with Crippen molar-refractivity contribution in [2.24, 2.45) is 27.0 Å². The number of nitrogen functional groups attached to an aromatic ring is 1. The molecule has 1 spiro atoms. The number of anilines is 1. The number of carboxylic acid groups (broad SMARTS) is 1. The molecular formula is C33H44N8O10S2. The summed E-state index contributed by atoms with van der Waals surface area (Å²) < 4.78 is 41.9. The number of aliphatic carboxylic acids is 1. The molecule has 1 aromatic heterocycles. The monoisotopic (exact) mass is 776 g/mol. The molecule has 53 heavy (non-hydrogen) atoms. The van der Waals surface area contributed by atoms with E-state index in [2.05, 4.69) is 26.7 Å². The number of fused-ring (bicyclic) bond motifs is 1. The Morgan fingerprint density at radius 2 is 1.87 bits per heavy atom. The lowest BCUT2D eigenvalue weighted by molar-refractivity contribution is -0.218. The van der Waals surface area contributed by atoms with Crippen LogP contribution in [0.3, 0.4) is 0 Å². The minimum absolute atomic E-state index is 0.0620. The zero-order valence-corrected chi connectivity index (χ0v) is 31.3. The van der Waals surface area contributed by atoms with Crippen LogP contribution >= 0.6 is 11.3 Å². The van der Waals surface area contributed by atoms with Gasteiger partial charge < -0.3 is 37.2 Å². The average Bonchev–Trinajstić information content (AvgIpc) is 3.50. The third-order valence-electron chi connectivity index (χ3n) is 10.7. The molecule has 2 aromatic rings. The fourth-order valence-electron chi connectivity index (χ4n) is 7.96. The first kappa shape index (κ1) is 38.4. The van der Waals surface area contributed by atoms with Crippen molar-refractivity contribution >= 4 is 56.2 Å². The van der Waals surface area contributed by atoms with Crippen molar-refractivity contribution in [3.05, 3.63) is 40.4 Å². The van der Waals surface area contributed by atoms with Crippen LogP contribution in [0.4, 0.5) is 5.13 Å². The molecule has 0 bridgehead atoms. The van der Waals surface area contributed by atoms with E-state index in [9.17, 15) is 27.9 Å². The maximum absolute atomic E-state index is 13.5. The first-order chi connectivity index (χ1) is 24.6. The molecule has 2 amide bonds. The minimum atomic E-state index is -5.03. The summed E-state index contributed by atoms with van der Waals surface area (Å²) in [5.74, 6) is -2.58. The molecule has 3 heterocycles. The van der Waals surface area contributed by atoms with E-state index in [0.29, 0.717) is 28.5 Å². The summed E-state index contributed by atoms with van der Waals surface area (Å²) in [5.41, 5.74) is 16.2. The number of aromatic nitrogens is 1. The smallest absolute Gasteiger partial charge is 0.418 e. The van der Waals surface area contributed by atoms with E-state index in [0.717, 1.165) is 61.0 Å². The van der Waals surface area contributed by atoms with Crippen molar-refractivity contribution in [3.8, 4) is 5.75 Å². The molecule has 1 saturated heterocycles. The van der Waals surface area contributed by atoms with Gasteiger partial charge in [0.05, 0.1) is 11.6 Å². The standard InChI is InChI=1S/C33H44N8O10S2/c1-30(2)24(27(43)41(30)51-53(46,47)48)39-26(42)23(20-14-52-29(35)38-20)40-50-32(4,28(44)45)22-8-6-17-13-18(5-7-21(17)49-22)25(34)37-19-9-11-33(12-10-19)15-31(3,36)16-33/h5,7,13-14,19,22,24H,6,8-12,15-16,36H2,1-4H3,(H2,34,37)(H2,35,38)(H,39,42)(H,44,45)(H,46,47,48)/b40-23-/t19?,22-,24-,31?,32+,33?/m1/s1. The third-order valence-corrected chi connectivity index (χ3v) is 11.7. The van der Waals surface area contributed by atoms with Gasteiger partial charge >= 0.3 is 16.4 Å². The molecule has 1 aromatic carbocycles. The van der Waals surface area contributed by atoms with E-state index < -0.39 is 57.2 Å². The number of aliphatic imine (C=N–C) groups is 1. The van der Waals surface area contributed by atoms with Crippen LogP contribution in [0.5, 0.6) is 5.75 Å². The minimum Gasteiger partial charge on any atom is -0.485 e. The van der Waals surface area contributed by atoms with Gasteiger partial charge in [-0.2, -0.15) is 13.5 Å². The molecule has 18 nitrogen and oxygen atoms in total. The molecule has 3 atom stereocenters. The number of carboxylic acids is 1. The number of nitrogens with zero attached hydrogens (tertiary/aromatic N) is 4. The third kappa shape index (κ3) is 7.68. The van der Waals surface area contributed by atoms with Crippen molar-refractivity contribution in [1.82, 2.24) is 15.4 Å². The zero-order valence-electron chi connectivity index (χ0n) is 29.7. The van der Waals surface area contributed by atoms with Crippen molar-refractivity contribution in [2.45, 2.75) is 114 Å². The number of rotatable bonds is 11. The number of thiazole rings is 1. The second-order valence-corrected chi connectivity index (χ2v) is 17.3. The van der Waals surface area contributed by atoms with Gasteiger partial charge in [-0.3, -0.25) is 19.1 Å². The first-order valence-electron chi connectivity index (χ1n) is 17.1. The molecule has 0 unspecified atom stereocenters. The van der Waals surface area contributed by atoms with Crippen LogP contribution in [0, 0.1) is 5.41 Å². The van der Waals surface area contributed by atoms with Gasteiger partial charge in [-0.15, -0.1) is 15.6 Å². The molecule has 2 aliphatic heterocycles. The van der Waals surface area contributed by atoms with Gasteiger partial charge in [0, 0.05) is 16.5 Å². The Balaban J connectivity index is 1.15. The number of nitrogens with one attached hydrogen (secondary N) is 1. The summed E-state index contributed by atoms with van der Waals surface area (Å²) in [6.07, 6.45) is 5.76. The number of ether oxygens (including phenoxy) is 1. The lowest BCUT2D eigenvalue weighted by atomic mass is 9.52. The van der Waals surface area contributed by atoms with Crippen LogP contribution < -0.4 is 27.3 Å². The number of benzene rings is 1. The van der Waals surface area contributed by atoms with Crippen molar-refractivity contribution in [3.63, 3.8) is 0 Å². The number of hydroxylamine groups is 2. The largest absolute Gasteiger partial charge is 0.485 e. The highest BCUT2D eigenvalue weighted by molar-refractivity contribution is 7.80. The number of amidine groups is 1. The second kappa shape index (κ2) is 13.5. The summed E-state index contributed by atoms with van der Waals surface area (Å²) in [7, 11) is -5.03. The zero-order chi connectivity index (χ0) is 38.7. The fourth-order valence-corrected chi connectivity index (χ4v) is 8.96. The number of oxime groups is 1. The molecule has 0 radical (unpaired) electrons. The van der Waals surface area contributed by atoms with E-state index in [-0.39, 0.29) is 28.8 Å². The number of hydrogen-bond acceptors (Lipinski definition) is 14. The Kier molecular flexibility index (Phi) is 9.76. The molecule has 2 saturated carbocycles. The molecule has 20 heteroatoms. The fraction of sp³-hybridized carbons (Fsp3) is 0.576. The van der Waals surface area contributed by atoms with Gasteiger partial charge in [0.2, 0.25) is 0 Å². The maximum Gasteiger partial charge on any atom is 0.418 e. The number of aryl methyl sites for hydroxylation is 1. The summed E-state index contributed by atoms with van der Waals surface area (Å²) in [6.45, 7) is 6.12. The summed E-state index contributed by atoms with van der Waals surface area (Å²) >= 11 is 0.970. The number of hydrogen-bond donors (Lipinski definition) is 6. The van der Waals surface area contributed by atoms with Crippen LogP contribution in [0.25, 0.3) is 0 Å². The van der Waals surface area contributed by atoms with Gasteiger partial charge in [0.15, 0.2) is 16.9 Å². The highest BCUT2D eigenvalue weighted by atomic mass is 32.3. The Labute approximate surface area is 310 Å². The maximum atomic E-state index is 13.5. The predicted molar refractivity (Wildman–Crippen MR) is 192 cm³/mol. The van der Waals surface area contributed by atoms with Gasteiger partial charge in [-0.25, -0.2) is 9.78 Å². The molecule has 2 aliphatic carbocycles. The van der Waals surface area contributed by atoms with E-state index in [4.69, 9.17) is 36.3 Å². The van der Waals surface area contributed by atoms with Crippen LogP contribution in [0.1, 0.15) is 89.5 Å². The highest BCUT2D eigenvalue weighted by Crippen LogP contribution is 2.55. The Bertz CT molecular complexity index is 1980. The van der Waals surface area contributed by atoms with Gasteiger partial charge in [0.25, 0.3) is 17.4 Å². The molecule has 9 N–H and O–H groups in total. The van der Waals surface area contributed by atoms with Crippen molar-refractivity contribution in [2.75, 3.05) is 5.73 Å². The van der Waals surface area contributed by atoms with Crippen LogP contribution in [0.15, 0.2) is 33.7 Å². The molecular weight excluding hydrogens is 733 g/mol. The van der Waals surface area contributed by atoms with Crippen molar-refractivity contribution < 1.29 is 46.3 Å². The Morgan fingerprint density at radius 3 is 2.43 bits per heavy atom. The van der Waals surface area contributed by atoms with Crippen LogP contribution in [0.2, 0.25) is 0 Å². The first-order valence-corrected chi connectivity index (χ1v) is 19.3. The molecule has 6 rings (SSSR count). The lowest BCUT2D eigenvalue weighted by Gasteiger charge is -2.55. The van der Waals surface area contributed by atoms with E-state index in [1.807, 2.05) is 6.07 Å². The number of nitrogens with two attached hydrogens (primary N) is 3.